The summed E-state index contributed by atoms with van der Waals surface area (Å²) in [6, 6.07) is -1.38. The molecule has 1 unspecified atom stereocenters. The number of carbonyl (C=O) groups excluding carboxylic acids is 3. The van der Waals surface area contributed by atoms with E-state index < -0.39 is 23.8 Å². The van der Waals surface area contributed by atoms with Gasteiger partial charge in [-0.05, 0) is 13.8 Å². The molecule has 0 aliphatic heterocycles. The second-order valence-corrected chi connectivity index (χ2v) is 3.25. The van der Waals surface area contributed by atoms with Crippen LogP contribution in [0.25, 0.3) is 0 Å². The molecule has 1 heterocycles. The number of aromatic nitrogens is 2. The van der Waals surface area contributed by atoms with E-state index >= 15 is 0 Å². The molecule has 7 nitrogen and oxygen atoms in total. The van der Waals surface area contributed by atoms with Crippen LogP contribution in [0, 0.1) is 0 Å². The third-order valence-corrected chi connectivity index (χ3v) is 2.06. The molecule has 0 fully saturated rings. The van der Waals surface area contributed by atoms with E-state index in [4.69, 9.17) is 4.74 Å². The van der Waals surface area contributed by atoms with Gasteiger partial charge in [-0.1, -0.05) is 0 Å². The molecule has 1 rings (SSSR count). The van der Waals surface area contributed by atoms with Crippen molar-refractivity contribution < 1.29 is 23.9 Å². The van der Waals surface area contributed by atoms with E-state index in [0.717, 1.165) is 0 Å². The Kier molecular flexibility index (Phi) is 5.04. The largest absolute Gasteiger partial charge is 0.464 e. The van der Waals surface area contributed by atoms with Crippen LogP contribution in [0.3, 0.4) is 0 Å². The summed E-state index contributed by atoms with van der Waals surface area (Å²) in [5.41, 5.74) is 0. The standard InChI is InChI=1S/C11H14N2O5/c1-3-17-10(15)8(13-6-5-12-7-13)9(14)11(16)18-4-2/h5-8H,3-4H2,1-2H3. The van der Waals surface area contributed by atoms with Gasteiger partial charge >= 0.3 is 11.9 Å². The Morgan fingerprint density at radius 1 is 1.22 bits per heavy atom. The van der Waals surface area contributed by atoms with Gasteiger partial charge in [-0.3, -0.25) is 4.79 Å². The first-order valence-corrected chi connectivity index (χ1v) is 5.46. The van der Waals surface area contributed by atoms with Gasteiger partial charge in [0.15, 0.2) is 0 Å². The normalized spacial score (nSPS) is 11.7. The van der Waals surface area contributed by atoms with Crippen molar-refractivity contribution in [2.24, 2.45) is 0 Å². The summed E-state index contributed by atoms with van der Waals surface area (Å²) in [7, 11) is 0. The van der Waals surface area contributed by atoms with Crippen LogP contribution in [0.4, 0.5) is 0 Å². The molecule has 0 spiro atoms. The fourth-order valence-corrected chi connectivity index (χ4v) is 1.32. The molecule has 1 aromatic heterocycles. The topological polar surface area (TPSA) is 87.5 Å². The number of imidazole rings is 1. The summed E-state index contributed by atoms with van der Waals surface area (Å²) >= 11 is 0. The fraction of sp³-hybridized carbons (Fsp3) is 0.455. The monoisotopic (exact) mass is 254 g/mol. The average Bonchev–Trinajstić information content (AvgIpc) is 2.83. The predicted octanol–water partition coefficient (Wildman–Crippen LogP) is 0.119. The van der Waals surface area contributed by atoms with Gasteiger partial charge in [0.2, 0.25) is 6.04 Å². The Morgan fingerprint density at radius 3 is 2.39 bits per heavy atom. The van der Waals surface area contributed by atoms with E-state index in [-0.39, 0.29) is 13.2 Å². The number of esters is 2. The van der Waals surface area contributed by atoms with Gasteiger partial charge in [-0.25, -0.2) is 14.6 Å². The first-order valence-electron chi connectivity index (χ1n) is 5.46. The number of Topliss-reactive ketones (excluding diaryl/α,β-unsaturated/α-hetero) is 1. The first kappa shape index (κ1) is 13.9. The van der Waals surface area contributed by atoms with E-state index in [1.165, 1.54) is 23.3 Å². The zero-order chi connectivity index (χ0) is 13.5. The SMILES string of the molecule is CCOC(=O)C(=O)C(C(=O)OCC)n1ccnc1. The Balaban J connectivity index is 2.94. The Labute approximate surface area is 104 Å². The molecule has 1 aromatic rings. The van der Waals surface area contributed by atoms with Crippen LogP contribution >= 0.6 is 0 Å². The zero-order valence-corrected chi connectivity index (χ0v) is 10.2. The highest BCUT2D eigenvalue weighted by atomic mass is 16.5. The number of carbonyl (C=O) groups is 3. The van der Waals surface area contributed by atoms with Crippen molar-refractivity contribution in [2.45, 2.75) is 19.9 Å². The van der Waals surface area contributed by atoms with Crippen molar-refractivity contribution >= 4 is 17.7 Å². The maximum atomic E-state index is 11.8. The number of ketones is 1. The number of hydrogen-bond acceptors (Lipinski definition) is 6. The lowest BCUT2D eigenvalue weighted by Gasteiger charge is -2.14. The second kappa shape index (κ2) is 6.53. The van der Waals surface area contributed by atoms with Crippen LogP contribution in [-0.4, -0.2) is 40.5 Å². The molecule has 0 N–H and O–H groups in total. The van der Waals surface area contributed by atoms with Gasteiger partial charge in [0, 0.05) is 12.4 Å². The van der Waals surface area contributed by atoms with Crippen molar-refractivity contribution in [3.05, 3.63) is 18.7 Å². The Bertz CT molecular complexity index is 427. The number of ether oxygens (including phenoxy) is 2. The third-order valence-electron chi connectivity index (χ3n) is 2.06. The summed E-state index contributed by atoms with van der Waals surface area (Å²) < 4.78 is 10.5. The summed E-state index contributed by atoms with van der Waals surface area (Å²) in [4.78, 5) is 38.6. The highest BCUT2D eigenvalue weighted by molar-refractivity contribution is 6.38. The highest BCUT2D eigenvalue weighted by Crippen LogP contribution is 2.11. The molecule has 0 saturated carbocycles. The van der Waals surface area contributed by atoms with Gasteiger partial charge in [0.1, 0.15) is 0 Å². The number of hydrogen-bond donors (Lipinski definition) is 0. The molecule has 0 bridgehead atoms. The molecule has 0 radical (unpaired) electrons. The molecule has 98 valence electrons. The van der Waals surface area contributed by atoms with Crippen molar-refractivity contribution in [1.29, 1.82) is 0 Å². The average molecular weight is 254 g/mol. The Morgan fingerprint density at radius 2 is 1.89 bits per heavy atom. The van der Waals surface area contributed by atoms with E-state index in [1.54, 1.807) is 13.8 Å². The van der Waals surface area contributed by atoms with Crippen LogP contribution in [0.1, 0.15) is 19.9 Å². The van der Waals surface area contributed by atoms with Crippen molar-refractivity contribution in [3.8, 4) is 0 Å². The Hall–Kier alpha value is -2.18. The maximum Gasteiger partial charge on any atom is 0.377 e. The minimum atomic E-state index is -1.38. The van der Waals surface area contributed by atoms with Gasteiger partial charge in [-0.15, -0.1) is 0 Å². The molecule has 0 aliphatic rings. The molecule has 0 aliphatic carbocycles. The molecule has 0 aromatic carbocycles. The smallest absolute Gasteiger partial charge is 0.377 e. The third kappa shape index (κ3) is 3.16. The van der Waals surface area contributed by atoms with Crippen LogP contribution in [0.15, 0.2) is 18.7 Å². The first-order chi connectivity index (χ1) is 8.61. The summed E-state index contributed by atoms with van der Waals surface area (Å²) in [5.74, 6) is -2.86. The van der Waals surface area contributed by atoms with Crippen LogP contribution in [-0.2, 0) is 23.9 Å². The van der Waals surface area contributed by atoms with Crippen LogP contribution in [0.5, 0.6) is 0 Å². The van der Waals surface area contributed by atoms with Crippen LogP contribution in [0.2, 0.25) is 0 Å². The lowest BCUT2D eigenvalue weighted by molar-refractivity contribution is -0.161. The number of nitrogens with zero attached hydrogens (tertiary/aromatic N) is 2. The van der Waals surface area contributed by atoms with E-state index in [0.29, 0.717) is 0 Å². The summed E-state index contributed by atoms with van der Waals surface area (Å²) in [6.07, 6.45) is 4.06. The van der Waals surface area contributed by atoms with Gasteiger partial charge in [-0.2, -0.15) is 0 Å². The van der Waals surface area contributed by atoms with Crippen LogP contribution < -0.4 is 0 Å². The molecular weight excluding hydrogens is 240 g/mol. The minimum Gasteiger partial charge on any atom is -0.464 e. The van der Waals surface area contributed by atoms with Gasteiger partial charge in [0.05, 0.1) is 19.5 Å². The second-order valence-electron chi connectivity index (χ2n) is 3.25. The lowest BCUT2D eigenvalue weighted by Crippen LogP contribution is -2.34. The van der Waals surface area contributed by atoms with Crippen molar-refractivity contribution in [3.63, 3.8) is 0 Å². The zero-order valence-electron chi connectivity index (χ0n) is 10.2. The van der Waals surface area contributed by atoms with Crippen molar-refractivity contribution in [2.75, 3.05) is 13.2 Å². The summed E-state index contributed by atoms with van der Waals surface area (Å²) in [6.45, 7) is 3.35. The summed E-state index contributed by atoms with van der Waals surface area (Å²) in [5, 5.41) is 0. The lowest BCUT2D eigenvalue weighted by atomic mass is 10.2. The van der Waals surface area contributed by atoms with E-state index in [1.807, 2.05) is 0 Å². The van der Waals surface area contributed by atoms with E-state index in [9.17, 15) is 14.4 Å². The fourth-order valence-electron chi connectivity index (χ4n) is 1.32. The molecule has 1 atom stereocenters. The molecule has 0 saturated heterocycles. The quantitative estimate of drug-likeness (QED) is 0.407. The van der Waals surface area contributed by atoms with Gasteiger partial charge < -0.3 is 14.0 Å². The molecule has 0 amide bonds. The predicted molar refractivity (Wildman–Crippen MR) is 59.5 cm³/mol. The molecule has 18 heavy (non-hydrogen) atoms. The minimum absolute atomic E-state index is 0.0596. The van der Waals surface area contributed by atoms with Crippen molar-refractivity contribution in [1.82, 2.24) is 9.55 Å². The highest BCUT2D eigenvalue weighted by Gasteiger charge is 2.35. The number of rotatable bonds is 6. The van der Waals surface area contributed by atoms with Gasteiger partial charge in [0.25, 0.3) is 5.78 Å². The molecular formula is C11H14N2O5. The van der Waals surface area contributed by atoms with E-state index in [2.05, 4.69) is 9.72 Å². The molecule has 7 heteroatoms. The maximum absolute atomic E-state index is 11.8.